The predicted octanol–water partition coefficient (Wildman–Crippen LogP) is 2.08. The van der Waals surface area contributed by atoms with Crippen LogP contribution in [0.3, 0.4) is 0 Å². The number of methoxy groups -OCH3 is 1. The summed E-state index contributed by atoms with van der Waals surface area (Å²) < 4.78 is 42.2. The number of alkyl halides is 3. The molecule has 0 spiro atoms. The Labute approximate surface area is 89.7 Å². The van der Waals surface area contributed by atoms with Gasteiger partial charge in [-0.1, -0.05) is 6.07 Å². The molecule has 3 nitrogen and oxygen atoms in total. The van der Waals surface area contributed by atoms with Crippen molar-refractivity contribution in [1.82, 2.24) is 0 Å². The molecule has 0 unspecified atom stereocenters. The van der Waals surface area contributed by atoms with Crippen molar-refractivity contribution < 1.29 is 23.0 Å². The first-order chi connectivity index (χ1) is 7.45. The molecule has 16 heavy (non-hydrogen) atoms. The van der Waals surface area contributed by atoms with Crippen molar-refractivity contribution in [3.8, 4) is 11.8 Å². The van der Waals surface area contributed by atoms with E-state index in [1.54, 1.807) is 6.07 Å². The minimum atomic E-state index is -4.59. The molecule has 0 saturated heterocycles. The molecule has 0 saturated carbocycles. The van der Waals surface area contributed by atoms with Crippen LogP contribution in [-0.2, 0) is 12.8 Å². The van der Waals surface area contributed by atoms with Crippen LogP contribution >= 0.6 is 0 Å². The fourth-order valence-corrected chi connectivity index (χ4v) is 1.31. The number of ether oxygens (including phenoxy) is 1. The van der Waals surface area contributed by atoms with Gasteiger partial charge in [0.1, 0.15) is 17.4 Å². The molecule has 1 N–H and O–H groups in total. The van der Waals surface area contributed by atoms with Crippen LogP contribution in [0.1, 0.15) is 16.7 Å². The van der Waals surface area contributed by atoms with E-state index in [9.17, 15) is 13.2 Å². The number of nitrogens with zero attached hydrogens (tertiary/aromatic N) is 1. The van der Waals surface area contributed by atoms with Gasteiger partial charge in [-0.2, -0.15) is 18.4 Å². The van der Waals surface area contributed by atoms with E-state index >= 15 is 0 Å². The molecular formula is C10H8F3NO2. The lowest BCUT2D eigenvalue weighted by Crippen LogP contribution is -2.10. The summed E-state index contributed by atoms with van der Waals surface area (Å²) in [4.78, 5) is 0. The molecule has 6 heteroatoms. The third kappa shape index (κ3) is 2.09. The van der Waals surface area contributed by atoms with Crippen LogP contribution in [0.4, 0.5) is 13.2 Å². The molecule has 1 aromatic carbocycles. The molecule has 0 aliphatic heterocycles. The van der Waals surface area contributed by atoms with E-state index in [4.69, 9.17) is 10.4 Å². The first-order valence-corrected chi connectivity index (χ1v) is 4.23. The Morgan fingerprint density at radius 3 is 2.44 bits per heavy atom. The van der Waals surface area contributed by atoms with Crippen molar-refractivity contribution in [1.29, 1.82) is 5.26 Å². The SMILES string of the molecule is COc1c(C(F)(F)F)ccc(CO)c1C#N. The molecule has 1 rings (SSSR count). The van der Waals surface area contributed by atoms with Crippen LogP contribution in [0.15, 0.2) is 12.1 Å². The van der Waals surface area contributed by atoms with E-state index in [0.717, 1.165) is 19.2 Å². The third-order valence-corrected chi connectivity index (χ3v) is 2.04. The number of nitriles is 1. The number of hydrogen-bond acceptors (Lipinski definition) is 3. The summed E-state index contributed by atoms with van der Waals surface area (Å²) in [5.74, 6) is -0.554. The van der Waals surface area contributed by atoms with Crippen molar-refractivity contribution in [2.75, 3.05) is 7.11 Å². The van der Waals surface area contributed by atoms with E-state index in [0.29, 0.717) is 0 Å². The Bertz CT molecular complexity index is 435. The summed E-state index contributed by atoms with van der Waals surface area (Å²) in [7, 11) is 1.05. The second-order valence-electron chi connectivity index (χ2n) is 2.95. The molecule has 0 aromatic heterocycles. The number of aliphatic hydroxyl groups excluding tert-OH is 1. The minimum Gasteiger partial charge on any atom is -0.495 e. The van der Waals surface area contributed by atoms with Gasteiger partial charge in [0.2, 0.25) is 0 Å². The maximum absolute atomic E-state index is 12.5. The van der Waals surface area contributed by atoms with Crippen LogP contribution in [0.25, 0.3) is 0 Å². The van der Waals surface area contributed by atoms with E-state index in [2.05, 4.69) is 4.74 Å². The van der Waals surface area contributed by atoms with E-state index in [-0.39, 0.29) is 11.1 Å². The lowest BCUT2D eigenvalue weighted by atomic mass is 10.0. The largest absolute Gasteiger partial charge is 0.495 e. The van der Waals surface area contributed by atoms with Gasteiger partial charge in [-0.25, -0.2) is 0 Å². The average Bonchev–Trinajstić information content (AvgIpc) is 2.25. The van der Waals surface area contributed by atoms with E-state index < -0.39 is 24.1 Å². The highest BCUT2D eigenvalue weighted by molar-refractivity contribution is 5.54. The number of halogens is 3. The second-order valence-corrected chi connectivity index (χ2v) is 2.95. The normalized spacial score (nSPS) is 11.0. The molecule has 0 radical (unpaired) electrons. The summed E-state index contributed by atoms with van der Waals surface area (Å²) >= 11 is 0. The molecule has 0 aliphatic carbocycles. The smallest absolute Gasteiger partial charge is 0.420 e. The van der Waals surface area contributed by atoms with Crippen LogP contribution in [0.5, 0.6) is 5.75 Å². The maximum atomic E-state index is 12.5. The monoisotopic (exact) mass is 231 g/mol. The van der Waals surface area contributed by atoms with Gasteiger partial charge in [0.15, 0.2) is 0 Å². The molecular weight excluding hydrogens is 223 g/mol. The lowest BCUT2D eigenvalue weighted by molar-refractivity contribution is -0.138. The van der Waals surface area contributed by atoms with Gasteiger partial charge in [0, 0.05) is 0 Å². The molecule has 0 atom stereocenters. The van der Waals surface area contributed by atoms with Gasteiger partial charge in [-0.15, -0.1) is 0 Å². The average molecular weight is 231 g/mol. The molecule has 0 aliphatic rings. The zero-order chi connectivity index (χ0) is 12.3. The highest BCUT2D eigenvalue weighted by atomic mass is 19.4. The third-order valence-electron chi connectivity index (χ3n) is 2.04. The predicted molar refractivity (Wildman–Crippen MR) is 48.6 cm³/mol. The minimum absolute atomic E-state index is 0.104. The van der Waals surface area contributed by atoms with Gasteiger partial charge >= 0.3 is 6.18 Å². The quantitative estimate of drug-likeness (QED) is 0.847. The van der Waals surface area contributed by atoms with Gasteiger partial charge in [-0.3, -0.25) is 0 Å². The zero-order valence-corrected chi connectivity index (χ0v) is 8.30. The van der Waals surface area contributed by atoms with Crippen LogP contribution in [0, 0.1) is 11.3 Å². The zero-order valence-electron chi connectivity index (χ0n) is 8.30. The van der Waals surface area contributed by atoms with Crippen LogP contribution in [0.2, 0.25) is 0 Å². The Morgan fingerprint density at radius 1 is 1.44 bits per heavy atom. The van der Waals surface area contributed by atoms with Crippen molar-refractivity contribution in [3.63, 3.8) is 0 Å². The summed E-state index contributed by atoms with van der Waals surface area (Å²) in [5, 5.41) is 17.6. The number of benzene rings is 1. The standard InChI is InChI=1S/C10H8F3NO2/c1-16-9-7(4-14)6(5-15)2-3-8(9)10(11,12)13/h2-3,15H,5H2,1H3. The number of hydrogen-bond donors (Lipinski definition) is 1. The van der Waals surface area contributed by atoms with E-state index in [1.165, 1.54) is 0 Å². The summed E-state index contributed by atoms with van der Waals surface area (Å²) in [5.41, 5.74) is -1.21. The highest BCUT2D eigenvalue weighted by Gasteiger charge is 2.36. The summed E-state index contributed by atoms with van der Waals surface area (Å²) in [6.07, 6.45) is -4.59. The Balaban J connectivity index is 3.52. The van der Waals surface area contributed by atoms with E-state index in [1.807, 2.05) is 0 Å². The Morgan fingerprint density at radius 2 is 2.06 bits per heavy atom. The summed E-state index contributed by atoms with van der Waals surface area (Å²) in [6.45, 7) is -0.516. The van der Waals surface area contributed by atoms with Gasteiger partial charge in [0.05, 0.1) is 19.3 Å². The van der Waals surface area contributed by atoms with Crippen LogP contribution < -0.4 is 4.74 Å². The van der Waals surface area contributed by atoms with Gasteiger partial charge < -0.3 is 9.84 Å². The maximum Gasteiger partial charge on any atom is 0.420 e. The lowest BCUT2D eigenvalue weighted by Gasteiger charge is -2.14. The molecule has 0 fully saturated rings. The highest BCUT2D eigenvalue weighted by Crippen LogP contribution is 2.39. The van der Waals surface area contributed by atoms with Crippen molar-refractivity contribution in [3.05, 3.63) is 28.8 Å². The van der Waals surface area contributed by atoms with Crippen LogP contribution in [-0.4, -0.2) is 12.2 Å². The fourth-order valence-electron chi connectivity index (χ4n) is 1.31. The number of rotatable bonds is 2. The topological polar surface area (TPSA) is 53.2 Å². The fraction of sp³-hybridized carbons (Fsp3) is 0.300. The first kappa shape index (κ1) is 12.3. The molecule has 86 valence electrons. The molecule has 0 amide bonds. The second kappa shape index (κ2) is 4.41. The molecule has 1 aromatic rings. The van der Waals surface area contributed by atoms with Crippen molar-refractivity contribution in [2.24, 2.45) is 0 Å². The van der Waals surface area contributed by atoms with Gasteiger partial charge in [0.25, 0.3) is 0 Å². The molecule has 0 heterocycles. The Hall–Kier alpha value is -1.74. The number of aliphatic hydroxyl groups is 1. The van der Waals surface area contributed by atoms with Gasteiger partial charge in [-0.05, 0) is 11.6 Å². The Kier molecular flexibility index (Phi) is 3.40. The van der Waals surface area contributed by atoms with Crippen molar-refractivity contribution in [2.45, 2.75) is 12.8 Å². The first-order valence-electron chi connectivity index (χ1n) is 4.23. The van der Waals surface area contributed by atoms with Crippen molar-refractivity contribution >= 4 is 0 Å². The molecule has 0 bridgehead atoms. The summed E-state index contributed by atoms with van der Waals surface area (Å²) in [6, 6.07) is 3.44.